The highest BCUT2D eigenvalue weighted by Gasteiger charge is 2.26. The Balaban J connectivity index is 1.89. The monoisotopic (exact) mass is 289 g/mol. The number of pyridine rings is 1. The summed E-state index contributed by atoms with van der Waals surface area (Å²) in [5.41, 5.74) is 6.74. The van der Waals surface area contributed by atoms with E-state index in [1.165, 1.54) is 30.6 Å². The van der Waals surface area contributed by atoms with Crippen LogP contribution in [-0.2, 0) is 0 Å². The minimum absolute atomic E-state index is 0.0515. The van der Waals surface area contributed by atoms with E-state index in [4.69, 9.17) is 5.73 Å². The van der Waals surface area contributed by atoms with E-state index in [0.29, 0.717) is 16.6 Å². The molecule has 0 aliphatic heterocycles. The third-order valence-electron chi connectivity index (χ3n) is 4.17. The second-order valence-corrected chi connectivity index (χ2v) is 6.48. The van der Waals surface area contributed by atoms with Crippen molar-refractivity contribution in [3.63, 3.8) is 0 Å². The minimum atomic E-state index is 0.0515. The number of anilines is 1. The average molecular weight is 289 g/mol. The maximum atomic E-state index is 12.7. The molecule has 0 spiro atoms. The number of hydrogen-bond donors (Lipinski definition) is 1. The summed E-state index contributed by atoms with van der Waals surface area (Å²) >= 11 is 1.45. The van der Waals surface area contributed by atoms with Gasteiger partial charge in [0.2, 0.25) is 0 Å². The summed E-state index contributed by atoms with van der Waals surface area (Å²) in [6, 6.07) is 2.23. The van der Waals surface area contributed by atoms with Crippen molar-refractivity contribution in [2.24, 2.45) is 0 Å². The fourth-order valence-corrected chi connectivity index (χ4v) is 4.00. The van der Waals surface area contributed by atoms with Crippen molar-refractivity contribution >= 4 is 33.0 Å². The standard InChI is InChI=1S/C15H19N3OS/c1-18(10-5-3-2-4-6-10)15(19)14-13(16)11-7-8-17-9-12(11)20-14/h7-10H,2-6,16H2,1H3. The number of carbonyl (C=O) groups excluding carboxylic acids is 1. The van der Waals surface area contributed by atoms with Gasteiger partial charge in [-0.2, -0.15) is 0 Å². The zero-order valence-corrected chi connectivity index (χ0v) is 12.4. The molecule has 2 N–H and O–H groups in total. The van der Waals surface area contributed by atoms with Gasteiger partial charge in [-0.25, -0.2) is 0 Å². The zero-order chi connectivity index (χ0) is 14.1. The van der Waals surface area contributed by atoms with Crippen molar-refractivity contribution in [2.45, 2.75) is 38.1 Å². The van der Waals surface area contributed by atoms with Crippen LogP contribution in [0.1, 0.15) is 41.8 Å². The van der Waals surface area contributed by atoms with Gasteiger partial charge in [-0.05, 0) is 18.9 Å². The Hall–Kier alpha value is -1.62. The first kappa shape index (κ1) is 13.4. The first-order valence-corrected chi connectivity index (χ1v) is 7.89. The number of aromatic nitrogens is 1. The van der Waals surface area contributed by atoms with Crippen molar-refractivity contribution in [3.8, 4) is 0 Å². The lowest BCUT2D eigenvalue weighted by atomic mass is 9.94. The number of thiophene rings is 1. The number of amides is 1. The van der Waals surface area contributed by atoms with Crippen molar-refractivity contribution in [2.75, 3.05) is 12.8 Å². The lowest BCUT2D eigenvalue weighted by molar-refractivity contribution is 0.0702. The molecular formula is C15H19N3OS. The number of nitrogen functional groups attached to an aromatic ring is 1. The zero-order valence-electron chi connectivity index (χ0n) is 11.6. The van der Waals surface area contributed by atoms with Gasteiger partial charge in [-0.15, -0.1) is 11.3 Å². The van der Waals surface area contributed by atoms with E-state index in [2.05, 4.69) is 4.98 Å². The van der Waals surface area contributed by atoms with Crippen LogP contribution in [-0.4, -0.2) is 28.9 Å². The molecule has 0 aromatic carbocycles. The van der Waals surface area contributed by atoms with Crippen LogP contribution in [0.5, 0.6) is 0 Å². The first-order valence-electron chi connectivity index (χ1n) is 7.07. The summed E-state index contributed by atoms with van der Waals surface area (Å²) < 4.78 is 0.977. The van der Waals surface area contributed by atoms with Crippen LogP contribution in [0.15, 0.2) is 18.5 Å². The van der Waals surface area contributed by atoms with Crippen LogP contribution in [0.25, 0.3) is 10.1 Å². The van der Waals surface area contributed by atoms with Crippen LogP contribution in [0, 0.1) is 0 Å². The Morgan fingerprint density at radius 1 is 1.40 bits per heavy atom. The van der Waals surface area contributed by atoms with Gasteiger partial charge in [-0.1, -0.05) is 19.3 Å². The fourth-order valence-electron chi connectivity index (χ4n) is 2.92. The highest BCUT2D eigenvalue weighted by atomic mass is 32.1. The predicted octanol–water partition coefficient (Wildman–Crippen LogP) is 3.28. The van der Waals surface area contributed by atoms with E-state index in [9.17, 15) is 4.79 Å². The molecule has 1 aliphatic rings. The molecule has 0 atom stereocenters. The number of nitrogens with zero attached hydrogens (tertiary/aromatic N) is 2. The number of rotatable bonds is 2. The van der Waals surface area contributed by atoms with Gasteiger partial charge in [0.15, 0.2) is 0 Å². The summed E-state index contributed by atoms with van der Waals surface area (Å²) in [5.74, 6) is 0.0515. The number of hydrogen-bond acceptors (Lipinski definition) is 4. The molecular weight excluding hydrogens is 270 g/mol. The van der Waals surface area contributed by atoms with Crippen LogP contribution in [0.2, 0.25) is 0 Å². The molecule has 106 valence electrons. The molecule has 0 unspecified atom stereocenters. The SMILES string of the molecule is CN(C(=O)c1sc2cnccc2c1N)C1CCCCC1. The van der Waals surface area contributed by atoms with Gasteiger partial charge >= 0.3 is 0 Å². The Morgan fingerprint density at radius 2 is 2.15 bits per heavy atom. The summed E-state index contributed by atoms with van der Waals surface area (Å²) in [6.07, 6.45) is 9.42. The van der Waals surface area contributed by atoms with Gasteiger partial charge in [0, 0.05) is 30.9 Å². The molecule has 20 heavy (non-hydrogen) atoms. The summed E-state index contributed by atoms with van der Waals surface area (Å²) in [7, 11) is 1.90. The van der Waals surface area contributed by atoms with Crippen LogP contribution >= 0.6 is 11.3 Å². The van der Waals surface area contributed by atoms with E-state index in [0.717, 1.165) is 22.9 Å². The first-order chi connectivity index (χ1) is 9.68. The number of fused-ring (bicyclic) bond motifs is 1. The molecule has 4 nitrogen and oxygen atoms in total. The molecule has 2 aromatic rings. The maximum absolute atomic E-state index is 12.7. The lowest BCUT2D eigenvalue weighted by Crippen LogP contribution is -2.38. The topological polar surface area (TPSA) is 59.2 Å². The average Bonchev–Trinajstić information content (AvgIpc) is 2.84. The summed E-state index contributed by atoms with van der Waals surface area (Å²) in [4.78, 5) is 19.3. The Morgan fingerprint density at radius 3 is 2.85 bits per heavy atom. The third-order valence-corrected chi connectivity index (χ3v) is 5.31. The molecule has 2 aromatic heterocycles. The smallest absolute Gasteiger partial charge is 0.266 e. The third kappa shape index (κ3) is 2.26. The van der Waals surface area contributed by atoms with E-state index in [1.54, 1.807) is 12.4 Å². The highest BCUT2D eigenvalue weighted by molar-refractivity contribution is 7.21. The normalized spacial score (nSPS) is 16.4. The fraction of sp³-hybridized carbons (Fsp3) is 0.467. The molecule has 0 radical (unpaired) electrons. The molecule has 0 bridgehead atoms. The van der Waals surface area contributed by atoms with Gasteiger partial charge in [0.05, 0.1) is 10.4 Å². The van der Waals surface area contributed by atoms with Gasteiger partial charge in [-0.3, -0.25) is 9.78 Å². The van der Waals surface area contributed by atoms with Gasteiger partial charge < -0.3 is 10.6 Å². The Labute approximate surface area is 122 Å². The predicted molar refractivity (Wildman–Crippen MR) is 83.0 cm³/mol. The van der Waals surface area contributed by atoms with Crippen molar-refractivity contribution in [1.82, 2.24) is 9.88 Å². The van der Waals surface area contributed by atoms with Gasteiger partial charge in [0.1, 0.15) is 4.88 Å². The minimum Gasteiger partial charge on any atom is -0.397 e. The quantitative estimate of drug-likeness (QED) is 0.923. The van der Waals surface area contributed by atoms with Crippen LogP contribution in [0.4, 0.5) is 5.69 Å². The Kier molecular flexibility index (Phi) is 3.61. The van der Waals surface area contributed by atoms with E-state index < -0.39 is 0 Å². The molecule has 1 aliphatic carbocycles. The highest BCUT2D eigenvalue weighted by Crippen LogP contribution is 2.34. The molecule has 1 saturated carbocycles. The van der Waals surface area contributed by atoms with Crippen LogP contribution < -0.4 is 5.73 Å². The van der Waals surface area contributed by atoms with Crippen molar-refractivity contribution < 1.29 is 4.79 Å². The molecule has 2 heterocycles. The number of nitrogens with two attached hydrogens (primary N) is 1. The molecule has 0 saturated heterocycles. The molecule has 1 fully saturated rings. The summed E-state index contributed by atoms with van der Waals surface area (Å²) in [5, 5.41) is 0.936. The van der Waals surface area contributed by atoms with E-state index >= 15 is 0 Å². The maximum Gasteiger partial charge on any atom is 0.266 e. The van der Waals surface area contributed by atoms with E-state index in [-0.39, 0.29) is 5.91 Å². The molecule has 3 rings (SSSR count). The second kappa shape index (κ2) is 5.40. The van der Waals surface area contributed by atoms with E-state index in [1.807, 2.05) is 18.0 Å². The molecule has 5 heteroatoms. The molecule has 1 amide bonds. The van der Waals surface area contributed by atoms with Crippen molar-refractivity contribution in [1.29, 1.82) is 0 Å². The van der Waals surface area contributed by atoms with Gasteiger partial charge in [0.25, 0.3) is 5.91 Å². The lowest BCUT2D eigenvalue weighted by Gasteiger charge is -2.31. The largest absolute Gasteiger partial charge is 0.397 e. The second-order valence-electron chi connectivity index (χ2n) is 5.42. The van der Waals surface area contributed by atoms with Crippen molar-refractivity contribution in [3.05, 3.63) is 23.3 Å². The number of carbonyl (C=O) groups is 1. The summed E-state index contributed by atoms with van der Waals surface area (Å²) in [6.45, 7) is 0. The van der Waals surface area contributed by atoms with Crippen LogP contribution in [0.3, 0.4) is 0 Å². The Bertz CT molecular complexity index is 631.